The molecule has 1 aliphatic rings. The third-order valence-electron chi connectivity index (χ3n) is 1.90. The lowest BCUT2D eigenvalue weighted by Gasteiger charge is -2.10. The van der Waals surface area contributed by atoms with Gasteiger partial charge in [-0.1, -0.05) is 0 Å². The standard InChI is InChI=1S/C10H6N2O2/c1-6-2-9(13)10(14)3-8(6)7(4-11)5-12/h2-3,7H,1H3. The Morgan fingerprint density at radius 2 is 1.64 bits per heavy atom. The number of allylic oxidation sites excluding steroid dienone is 4. The zero-order valence-corrected chi connectivity index (χ0v) is 7.44. The molecule has 0 fully saturated rings. The quantitative estimate of drug-likeness (QED) is 0.445. The van der Waals surface area contributed by atoms with Crippen LogP contribution in [0.25, 0.3) is 0 Å². The third-order valence-corrected chi connectivity index (χ3v) is 1.90. The van der Waals surface area contributed by atoms with Crippen LogP contribution in [0.4, 0.5) is 0 Å². The Morgan fingerprint density at radius 1 is 1.14 bits per heavy atom. The molecule has 68 valence electrons. The molecule has 14 heavy (non-hydrogen) atoms. The molecule has 0 unspecified atom stereocenters. The van der Waals surface area contributed by atoms with Crippen molar-refractivity contribution >= 4 is 11.6 Å². The van der Waals surface area contributed by atoms with Crippen LogP contribution in [0.15, 0.2) is 23.3 Å². The lowest BCUT2D eigenvalue weighted by molar-refractivity contribution is -0.131. The number of nitrogens with zero attached hydrogens (tertiary/aromatic N) is 2. The fourth-order valence-electron chi connectivity index (χ4n) is 1.16. The van der Waals surface area contributed by atoms with Crippen molar-refractivity contribution in [2.24, 2.45) is 5.92 Å². The maximum absolute atomic E-state index is 11.0. The summed E-state index contributed by atoms with van der Waals surface area (Å²) < 4.78 is 0. The van der Waals surface area contributed by atoms with Crippen LogP contribution in [-0.4, -0.2) is 11.6 Å². The van der Waals surface area contributed by atoms with Gasteiger partial charge >= 0.3 is 0 Å². The fraction of sp³-hybridized carbons (Fsp3) is 0.200. The van der Waals surface area contributed by atoms with Gasteiger partial charge in [0.1, 0.15) is 0 Å². The second kappa shape index (κ2) is 3.68. The van der Waals surface area contributed by atoms with Crippen molar-refractivity contribution in [1.29, 1.82) is 10.5 Å². The van der Waals surface area contributed by atoms with Crippen molar-refractivity contribution in [2.45, 2.75) is 6.92 Å². The second-order valence-corrected chi connectivity index (χ2v) is 2.85. The van der Waals surface area contributed by atoms with E-state index in [9.17, 15) is 9.59 Å². The van der Waals surface area contributed by atoms with E-state index in [4.69, 9.17) is 10.5 Å². The van der Waals surface area contributed by atoms with Crippen molar-refractivity contribution in [1.82, 2.24) is 0 Å². The zero-order chi connectivity index (χ0) is 10.7. The number of ketones is 2. The summed E-state index contributed by atoms with van der Waals surface area (Å²) in [4.78, 5) is 21.9. The second-order valence-electron chi connectivity index (χ2n) is 2.85. The molecule has 4 heteroatoms. The number of carbonyl (C=O) groups is 2. The van der Waals surface area contributed by atoms with Crippen molar-refractivity contribution in [3.63, 3.8) is 0 Å². The third kappa shape index (κ3) is 1.60. The highest BCUT2D eigenvalue weighted by Crippen LogP contribution is 2.22. The smallest absolute Gasteiger partial charge is 0.226 e. The van der Waals surface area contributed by atoms with Crippen LogP contribution in [0.1, 0.15) is 6.92 Å². The Balaban J connectivity index is 3.15. The first kappa shape index (κ1) is 9.88. The van der Waals surface area contributed by atoms with Gasteiger partial charge in [0.2, 0.25) is 11.6 Å². The fourth-order valence-corrected chi connectivity index (χ4v) is 1.16. The largest absolute Gasteiger partial charge is 0.286 e. The molecule has 1 aliphatic carbocycles. The molecule has 0 radical (unpaired) electrons. The molecule has 0 spiro atoms. The first-order valence-electron chi connectivity index (χ1n) is 3.88. The van der Waals surface area contributed by atoms with Crippen molar-refractivity contribution in [3.05, 3.63) is 23.3 Å². The van der Waals surface area contributed by atoms with Gasteiger partial charge in [0.25, 0.3) is 0 Å². The van der Waals surface area contributed by atoms with Gasteiger partial charge in [-0.05, 0) is 30.2 Å². The molecular formula is C10H6N2O2. The number of hydrogen-bond acceptors (Lipinski definition) is 4. The molecule has 0 aromatic heterocycles. The van der Waals surface area contributed by atoms with Crippen LogP contribution in [-0.2, 0) is 9.59 Å². The molecule has 0 heterocycles. The van der Waals surface area contributed by atoms with Gasteiger partial charge in [-0.2, -0.15) is 10.5 Å². The van der Waals surface area contributed by atoms with Gasteiger partial charge < -0.3 is 0 Å². The van der Waals surface area contributed by atoms with E-state index in [2.05, 4.69) is 0 Å². The van der Waals surface area contributed by atoms with Crippen LogP contribution in [0.5, 0.6) is 0 Å². The molecule has 0 aliphatic heterocycles. The van der Waals surface area contributed by atoms with Crippen LogP contribution < -0.4 is 0 Å². The number of carbonyl (C=O) groups excluding carboxylic acids is 2. The summed E-state index contributed by atoms with van der Waals surface area (Å²) in [6, 6.07) is 3.51. The zero-order valence-electron chi connectivity index (χ0n) is 7.44. The summed E-state index contributed by atoms with van der Waals surface area (Å²) in [6.07, 6.45) is 2.22. The van der Waals surface area contributed by atoms with Gasteiger partial charge in [0, 0.05) is 0 Å². The first-order valence-corrected chi connectivity index (χ1v) is 3.88. The average Bonchev–Trinajstić information content (AvgIpc) is 2.15. The van der Waals surface area contributed by atoms with E-state index in [1.54, 1.807) is 19.1 Å². The minimum atomic E-state index is -0.983. The lowest BCUT2D eigenvalue weighted by atomic mass is 9.89. The molecular weight excluding hydrogens is 180 g/mol. The Hall–Kier alpha value is -2.20. The molecule has 0 atom stereocenters. The predicted octanol–water partition coefficient (Wildman–Crippen LogP) is 0.674. The van der Waals surface area contributed by atoms with E-state index < -0.39 is 17.5 Å². The predicted molar refractivity (Wildman–Crippen MR) is 46.6 cm³/mol. The van der Waals surface area contributed by atoms with Gasteiger partial charge in [-0.3, -0.25) is 9.59 Å². The van der Waals surface area contributed by atoms with Gasteiger partial charge in [0.15, 0.2) is 5.92 Å². The lowest BCUT2D eigenvalue weighted by Crippen LogP contribution is -2.16. The summed E-state index contributed by atoms with van der Waals surface area (Å²) >= 11 is 0. The summed E-state index contributed by atoms with van der Waals surface area (Å²) in [7, 11) is 0. The molecule has 1 rings (SSSR count). The van der Waals surface area contributed by atoms with Crippen LogP contribution in [0.3, 0.4) is 0 Å². The van der Waals surface area contributed by atoms with Crippen molar-refractivity contribution in [3.8, 4) is 12.1 Å². The van der Waals surface area contributed by atoms with Crippen LogP contribution in [0.2, 0.25) is 0 Å². The Kier molecular flexibility index (Phi) is 2.59. The molecule has 0 N–H and O–H groups in total. The minimum absolute atomic E-state index is 0.319. The van der Waals surface area contributed by atoms with Gasteiger partial charge in [-0.15, -0.1) is 0 Å². The van der Waals surface area contributed by atoms with E-state index >= 15 is 0 Å². The molecule has 0 aromatic carbocycles. The molecule has 0 bridgehead atoms. The van der Waals surface area contributed by atoms with Crippen molar-refractivity contribution in [2.75, 3.05) is 0 Å². The summed E-state index contributed by atoms with van der Waals surface area (Å²) in [5, 5.41) is 17.2. The van der Waals surface area contributed by atoms with E-state index in [-0.39, 0.29) is 0 Å². The number of hydrogen-bond donors (Lipinski definition) is 0. The molecule has 0 saturated heterocycles. The van der Waals surface area contributed by atoms with Crippen LogP contribution in [0, 0.1) is 28.6 Å². The Labute approximate surface area is 80.7 Å². The Bertz CT molecular complexity index is 430. The highest BCUT2D eigenvalue weighted by molar-refractivity contribution is 6.46. The summed E-state index contributed by atoms with van der Waals surface area (Å²) in [6.45, 7) is 1.60. The van der Waals surface area contributed by atoms with E-state index in [0.717, 1.165) is 12.2 Å². The molecule has 0 amide bonds. The minimum Gasteiger partial charge on any atom is -0.286 e. The molecule has 4 nitrogen and oxygen atoms in total. The van der Waals surface area contributed by atoms with E-state index in [0.29, 0.717) is 11.1 Å². The summed E-state index contributed by atoms with van der Waals surface area (Å²) in [5.74, 6) is -2.27. The molecule has 0 saturated carbocycles. The highest BCUT2D eigenvalue weighted by Gasteiger charge is 2.23. The van der Waals surface area contributed by atoms with E-state index in [1.165, 1.54) is 0 Å². The first-order chi connectivity index (χ1) is 6.60. The number of nitriles is 2. The Morgan fingerprint density at radius 3 is 2.14 bits per heavy atom. The van der Waals surface area contributed by atoms with Crippen molar-refractivity contribution < 1.29 is 9.59 Å². The topological polar surface area (TPSA) is 81.7 Å². The maximum atomic E-state index is 11.0. The monoisotopic (exact) mass is 186 g/mol. The average molecular weight is 186 g/mol. The molecule has 0 aromatic rings. The summed E-state index contributed by atoms with van der Waals surface area (Å²) in [5.41, 5.74) is 0.822. The van der Waals surface area contributed by atoms with Gasteiger partial charge in [-0.25, -0.2) is 0 Å². The van der Waals surface area contributed by atoms with Crippen LogP contribution >= 0.6 is 0 Å². The normalized spacial score (nSPS) is 15.7. The van der Waals surface area contributed by atoms with E-state index in [1.807, 2.05) is 0 Å². The number of rotatable bonds is 1. The SMILES string of the molecule is CC1=CC(=O)C(=O)C=C1C(C#N)C#N. The maximum Gasteiger partial charge on any atom is 0.226 e. The highest BCUT2D eigenvalue weighted by atomic mass is 16.2. The van der Waals surface area contributed by atoms with Gasteiger partial charge in [0.05, 0.1) is 12.1 Å².